The first-order valence-electron chi connectivity index (χ1n) is 12.2. The summed E-state index contributed by atoms with van der Waals surface area (Å²) < 4.78 is 6.73. The highest BCUT2D eigenvalue weighted by Crippen LogP contribution is 2.57. The highest BCUT2D eigenvalue weighted by atomic mass is 16.5. The van der Waals surface area contributed by atoms with E-state index in [9.17, 15) is 14.4 Å². The molecule has 4 aliphatic heterocycles. The van der Waals surface area contributed by atoms with Crippen molar-refractivity contribution in [3.8, 4) is 0 Å². The summed E-state index contributed by atoms with van der Waals surface area (Å²) in [5.74, 6) is -1.83. The second-order valence-corrected chi connectivity index (χ2v) is 10.3. The lowest BCUT2D eigenvalue weighted by molar-refractivity contribution is -0.153. The number of carbonyl (C=O) groups is 3. The molecule has 0 aromatic carbocycles. The molecule has 4 aliphatic rings. The van der Waals surface area contributed by atoms with E-state index in [0.717, 1.165) is 25.7 Å². The van der Waals surface area contributed by atoms with Crippen molar-refractivity contribution < 1.29 is 24.2 Å². The zero-order valence-electron chi connectivity index (χ0n) is 20.2. The number of hydrogen-bond donors (Lipinski definition) is 1. The summed E-state index contributed by atoms with van der Waals surface area (Å²) >= 11 is 0. The Kier molecular flexibility index (Phi) is 6.44. The third-order valence-electron chi connectivity index (χ3n) is 7.72. The standard InChI is InChI=1S/C25H37N3O5/c1-17(2)27-15-10-12-25-19(18-21(30)26(4)13-9-11-24(18,3)33-25)22(31)28(20(25)23(27)32)14-7-5-6-8-16-29/h9-12,17-20,29H,5-8,13-16H2,1-4H3/t18-,19+,20?,24+,25+/m1/s1. The predicted octanol–water partition coefficient (Wildman–Crippen LogP) is 1.35. The molecule has 4 heterocycles. The van der Waals surface area contributed by atoms with Gasteiger partial charge in [-0.05, 0) is 33.6 Å². The Morgan fingerprint density at radius 3 is 2.39 bits per heavy atom. The summed E-state index contributed by atoms with van der Waals surface area (Å²) in [5.41, 5.74) is -2.12. The molecule has 8 heteroatoms. The number of amides is 3. The van der Waals surface area contributed by atoms with Gasteiger partial charge in [-0.15, -0.1) is 0 Å². The summed E-state index contributed by atoms with van der Waals surface area (Å²) in [7, 11) is 1.74. The maximum Gasteiger partial charge on any atom is 0.249 e. The number of unbranched alkanes of at least 4 members (excludes halogenated alkanes) is 3. The molecule has 0 aromatic rings. The second kappa shape index (κ2) is 8.87. The van der Waals surface area contributed by atoms with Crippen molar-refractivity contribution in [3.63, 3.8) is 0 Å². The van der Waals surface area contributed by atoms with Gasteiger partial charge in [0, 0.05) is 39.3 Å². The Hall–Kier alpha value is -2.19. The van der Waals surface area contributed by atoms with Crippen molar-refractivity contribution in [2.24, 2.45) is 11.8 Å². The molecule has 0 saturated carbocycles. The Morgan fingerprint density at radius 2 is 1.70 bits per heavy atom. The zero-order valence-corrected chi connectivity index (χ0v) is 20.2. The first-order valence-corrected chi connectivity index (χ1v) is 12.2. The predicted molar refractivity (Wildman–Crippen MR) is 123 cm³/mol. The van der Waals surface area contributed by atoms with Gasteiger partial charge in [0.1, 0.15) is 11.6 Å². The van der Waals surface area contributed by atoms with Crippen LogP contribution in [0.1, 0.15) is 46.5 Å². The van der Waals surface area contributed by atoms with Crippen LogP contribution in [0.5, 0.6) is 0 Å². The molecule has 8 nitrogen and oxygen atoms in total. The van der Waals surface area contributed by atoms with Gasteiger partial charge in [-0.25, -0.2) is 0 Å². The Labute approximate surface area is 196 Å². The molecule has 0 radical (unpaired) electrons. The van der Waals surface area contributed by atoms with Gasteiger partial charge in [0.2, 0.25) is 17.7 Å². The van der Waals surface area contributed by atoms with Crippen LogP contribution in [0.15, 0.2) is 24.3 Å². The first-order chi connectivity index (χ1) is 15.7. The molecule has 2 fully saturated rings. The minimum absolute atomic E-state index is 0.0204. The van der Waals surface area contributed by atoms with Gasteiger partial charge in [0.15, 0.2) is 0 Å². The molecule has 4 rings (SSSR count). The van der Waals surface area contributed by atoms with Crippen LogP contribution >= 0.6 is 0 Å². The van der Waals surface area contributed by atoms with Gasteiger partial charge >= 0.3 is 0 Å². The smallest absolute Gasteiger partial charge is 0.249 e. The molecule has 33 heavy (non-hydrogen) atoms. The lowest BCUT2D eigenvalue weighted by atomic mass is 9.74. The number of likely N-dealkylation sites (N-methyl/N-ethyl adjacent to an activating group) is 1. The van der Waals surface area contributed by atoms with E-state index in [1.54, 1.807) is 21.7 Å². The number of ether oxygens (including phenoxy) is 1. The van der Waals surface area contributed by atoms with Crippen LogP contribution in [0.3, 0.4) is 0 Å². The minimum atomic E-state index is -1.17. The second-order valence-electron chi connectivity index (χ2n) is 10.3. The van der Waals surface area contributed by atoms with Crippen molar-refractivity contribution in [1.29, 1.82) is 0 Å². The maximum atomic E-state index is 14.0. The number of fused-ring (bicyclic) bond motifs is 2. The fourth-order valence-electron chi connectivity index (χ4n) is 6.11. The van der Waals surface area contributed by atoms with Crippen LogP contribution in [0.2, 0.25) is 0 Å². The van der Waals surface area contributed by atoms with E-state index < -0.39 is 29.1 Å². The van der Waals surface area contributed by atoms with Gasteiger partial charge < -0.3 is 24.5 Å². The van der Waals surface area contributed by atoms with Crippen molar-refractivity contribution in [1.82, 2.24) is 14.7 Å². The highest BCUT2D eigenvalue weighted by molar-refractivity contribution is 6.00. The number of aliphatic hydroxyl groups is 1. The summed E-state index contributed by atoms with van der Waals surface area (Å²) in [6.45, 7) is 7.32. The Balaban J connectivity index is 1.76. The molecule has 5 atom stereocenters. The van der Waals surface area contributed by atoms with E-state index in [4.69, 9.17) is 9.84 Å². The van der Waals surface area contributed by atoms with E-state index in [-0.39, 0.29) is 30.4 Å². The molecular formula is C25H37N3O5. The topological polar surface area (TPSA) is 90.4 Å². The van der Waals surface area contributed by atoms with Crippen LogP contribution in [-0.4, -0.2) is 94.1 Å². The van der Waals surface area contributed by atoms with Crippen LogP contribution in [0.4, 0.5) is 0 Å². The summed E-state index contributed by atoms with van der Waals surface area (Å²) in [4.78, 5) is 46.4. The van der Waals surface area contributed by atoms with Crippen molar-refractivity contribution >= 4 is 17.7 Å². The number of rotatable bonds is 7. The normalized spacial score (nSPS) is 35.8. The number of aliphatic hydroxyl groups excluding tert-OH is 1. The zero-order chi connectivity index (χ0) is 24.0. The fraction of sp³-hybridized carbons (Fsp3) is 0.720. The third-order valence-corrected chi connectivity index (χ3v) is 7.72. The molecule has 0 bridgehead atoms. The average molecular weight is 460 g/mol. The number of carbonyl (C=O) groups excluding carboxylic acids is 3. The number of nitrogens with zero attached hydrogens (tertiary/aromatic N) is 3. The van der Waals surface area contributed by atoms with Gasteiger partial charge in [-0.1, -0.05) is 37.1 Å². The minimum Gasteiger partial charge on any atom is -0.396 e. The van der Waals surface area contributed by atoms with Gasteiger partial charge in [0.25, 0.3) is 0 Å². The van der Waals surface area contributed by atoms with Gasteiger partial charge in [-0.3, -0.25) is 14.4 Å². The Bertz CT molecular complexity index is 870. The van der Waals surface area contributed by atoms with Gasteiger partial charge in [-0.2, -0.15) is 0 Å². The summed E-state index contributed by atoms with van der Waals surface area (Å²) in [6, 6.07) is -0.808. The first kappa shape index (κ1) is 24.0. The van der Waals surface area contributed by atoms with Crippen LogP contribution in [0, 0.1) is 11.8 Å². The van der Waals surface area contributed by atoms with Crippen molar-refractivity contribution in [2.45, 2.75) is 69.7 Å². The Morgan fingerprint density at radius 1 is 1.00 bits per heavy atom. The van der Waals surface area contributed by atoms with Crippen LogP contribution in [-0.2, 0) is 19.1 Å². The summed E-state index contributed by atoms with van der Waals surface area (Å²) in [5, 5.41) is 9.05. The fourth-order valence-corrected chi connectivity index (χ4v) is 6.11. The van der Waals surface area contributed by atoms with Crippen LogP contribution in [0.25, 0.3) is 0 Å². The molecule has 0 aliphatic carbocycles. The molecule has 182 valence electrons. The quantitative estimate of drug-likeness (QED) is 0.458. The van der Waals surface area contributed by atoms with E-state index in [1.807, 2.05) is 45.1 Å². The largest absolute Gasteiger partial charge is 0.396 e. The van der Waals surface area contributed by atoms with Crippen LogP contribution < -0.4 is 0 Å². The lowest BCUT2D eigenvalue weighted by Crippen LogP contribution is -2.57. The number of likely N-dealkylation sites (tertiary alicyclic amines) is 1. The van der Waals surface area contributed by atoms with E-state index in [1.165, 1.54) is 0 Å². The third kappa shape index (κ3) is 3.71. The SMILES string of the molecule is CC(C)N1CC=C[C@]23O[C@@]4(C)C=CCN(C)C(=O)[C@H]4[C@H]2C(=O)N(CCCCCCO)C3C1=O. The summed E-state index contributed by atoms with van der Waals surface area (Å²) in [6.07, 6.45) is 10.8. The molecule has 2 saturated heterocycles. The van der Waals surface area contributed by atoms with E-state index in [0.29, 0.717) is 19.6 Å². The molecule has 0 aromatic heterocycles. The molecule has 1 N–H and O–H groups in total. The van der Waals surface area contributed by atoms with Crippen molar-refractivity contribution in [3.05, 3.63) is 24.3 Å². The monoisotopic (exact) mass is 459 g/mol. The maximum absolute atomic E-state index is 14.0. The molecule has 3 amide bonds. The van der Waals surface area contributed by atoms with Gasteiger partial charge in [0.05, 0.1) is 17.4 Å². The van der Waals surface area contributed by atoms with E-state index in [2.05, 4.69) is 0 Å². The number of hydrogen-bond acceptors (Lipinski definition) is 5. The average Bonchev–Trinajstić information content (AvgIpc) is 3.02. The lowest BCUT2D eigenvalue weighted by Gasteiger charge is -2.38. The van der Waals surface area contributed by atoms with E-state index >= 15 is 0 Å². The van der Waals surface area contributed by atoms with Crippen molar-refractivity contribution in [2.75, 3.05) is 33.3 Å². The molecule has 1 spiro atoms. The molecular weight excluding hydrogens is 422 g/mol. The molecule has 1 unspecified atom stereocenters. The highest BCUT2D eigenvalue weighted by Gasteiger charge is 2.74.